The van der Waals surface area contributed by atoms with Crippen LogP contribution in [0, 0.1) is 0 Å². The number of carbonyl (C=O) groups is 2. The van der Waals surface area contributed by atoms with Gasteiger partial charge in [0, 0.05) is 10.8 Å². The molecule has 0 aromatic heterocycles. The summed E-state index contributed by atoms with van der Waals surface area (Å²) in [5.41, 5.74) is 0.473. The van der Waals surface area contributed by atoms with Crippen LogP contribution in [0.5, 0.6) is 11.5 Å². The summed E-state index contributed by atoms with van der Waals surface area (Å²) in [7, 11) is 0. The maximum atomic E-state index is 13.7. The number of anilines is 1. The zero-order valence-electron chi connectivity index (χ0n) is 19.6. The van der Waals surface area contributed by atoms with E-state index in [2.05, 4.69) is 0 Å². The molecule has 1 unspecified atom stereocenters. The number of amides is 1. The van der Waals surface area contributed by atoms with Crippen molar-refractivity contribution in [3.63, 3.8) is 0 Å². The van der Waals surface area contributed by atoms with E-state index < -0.39 is 24.7 Å². The van der Waals surface area contributed by atoms with Crippen molar-refractivity contribution < 1.29 is 37.7 Å². The van der Waals surface area contributed by atoms with Crippen LogP contribution in [0.3, 0.4) is 0 Å². The van der Waals surface area contributed by atoms with E-state index in [0.717, 1.165) is 4.90 Å². The number of aliphatic hydroxyl groups excluding tert-OH is 1. The zero-order valence-corrected chi connectivity index (χ0v) is 20.4. The van der Waals surface area contributed by atoms with E-state index in [9.17, 15) is 23.5 Å². The first-order chi connectivity index (χ1) is 17.3. The Labute approximate surface area is 211 Å². The second kappa shape index (κ2) is 10.7. The molecule has 1 aliphatic rings. The molecule has 1 N–H and O–H groups in total. The maximum Gasteiger partial charge on any atom is 0.387 e. The molecule has 0 fully saturated rings. The van der Waals surface area contributed by atoms with Crippen LogP contribution >= 0.6 is 11.6 Å². The number of nitrogens with zero attached hydrogens (tertiary/aromatic N) is 1. The van der Waals surface area contributed by atoms with E-state index in [4.69, 9.17) is 25.8 Å². The van der Waals surface area contributed by atoms with Crippen LogP contribution in [-0.2, 0) is 16.0 Å². The van der Waals surface area contributed by atoms with Gasteiger partial charge in [0.1, 0.15) is 11.5 Å². The summed E-state index contributed by atoms with van der Waals surface area (Å²) in [6, 6.07) is 11.1. The van der Waals surface area contributed by atoms with Crippen molar-refractivity contribution in [1.82, 2.24) is 0 Å². The predicted molar refractivity (Wildman–Crippen MR) is 130 cm³/mol. The number of fused-ring (bicyclic) bond motifs is 2. The Balaban J connectivity index is 1.85. The van der Waals surface area contributed by atoms with Gasteiger partial charge in [-0.15, -0.1) is 0 Å². The largest absolute Gasteiger partial charge is 0.492 e. The van der Waals surface area contributed by atoms with Crippen LogP contribution in [0.4, 0.5) is 14.5 Å². The first-order valence-corrected chi connectivity index (χ1v) is 11.8. The van der Waals surface area contributed by atoms with Crippen molar-refractivity contribution in [2.75, 3.05) is 18.1 Å². The van der Waals surface area contributed by atoms with Crippen molar-refractivity contribution in [2.24, 2.45) is 0 Å². The molecule has 1 atom stereocenters. The molecule has 0 bridgehead atoms. The molecule has 3 aromatic rings. The van der Waals surface area contributed by atoms with Gasteiger partial charge in [0.05, 0.1) is 41.5 Å². The molecule has 1 heterocycles. The number of aliphatic hydroxyl groups is 1. The number of rotatable bonds is 9. The maximum absolute atomic E-state index is 13.7. The van der Waals surface area contributed by atoms with Crippen LogP contribution in [-0.4, -0.2) is 36.8 Å². The Bertz CT molecular complexity index is 1320. The molecular formula is C26H24ClF2NO6. The third-order valence-electron chi connectivity index (χ3n) is 5.68. The van der Waals surface area contributed by atoms with E-state index >= 15 is 0 Å². The molecule has 0 saturated carbocycles. The third-order valence-corrected chi connectivity index (χ3v) is 5.98. The average molecular weight is 520 g/mol. The first kappa shape index (κ1) is 25.7. The Morgan fingerprint density at radius 1 is 1.14 bits per heavy atom. The lowest BCUT2D eigenvalue weighted by molar-refractivity contribution is -0.142. The van der Waals surface area contributed by atoms with Gasteiger partial charge in [0.15, 0.2) is 6.23 Å². The molecule has 4 rings (SSSR count). The number of hydrogen-bond donors (Lipinski definition) is 1. The van der Waals surface area contributed by atoms with E-state index in [-0.39, 0.29) is 58.4 Å². The topological polar surface area (TPSA) is 85.3 Å². The number of benzene rings is 3. The normalized spacial score (nSPS) is 14.9. The summed E-state index contributed by atoms with van der Waals surface area (Å²) in [5.74, 6) is -1.26. The minimum absolute atomic E-state index is 0.0304. The molecule has 190 valence electrons. The minimum atomic E-state index is -3.19. The Morgan fingerprint density at radius 3 is 2.44 bits per heavy atom. The summed E-state index contributed by atoms with van der Waals surface area (Å²) >= 11 is 6.46. The van der Waals surface area contributed by atoms with Gasteiger partial charge >= 0.3 is 12.6 Å². The fourth-order valence-corrected chi connectivity index (χ4v) is 4.55. The van der Waals surface area contributed by atoms with E-state index in [0.29, 0.717) is 17.4 Å². The van der Waals surface area contributed by atoms with Gasteiger partial charge in [-0.25, -0.2) is 0 Å². The highest BCUT2D eigenvalue weighted by Gasteiger charge is 2.44. The van der Waals surface area contributed by atoms with Gasteiger partial charge in [0.2, 0.25) is 0 Å². The molecule has 1 aliphatic heterocycles. The van der Waals surface area contributed by atoms with E-state index in [1.807, 2.05) is 6.92 Å². The van der Waals surface area contributed by atoms with E-state index in [1.54, 1.807) is 37.3 Å². The molecule has 3 aromatic carbocycles. The smallest absolute Gasteiger partial charge is 0.387 e. The van der Waals surface area contributed by atoms with Crippen molar-refractivity contribution in [1.29, 1.82) is 0 Å². The molecule has 36 heavy (non-hydrogen) atoms. The molecule has 7 nitrogen and oxygen atoms in total. The highest BCUT2D eigenvalue weighted by atomic mass is 35.5. The molecule has 0 spiro atoms. The van der Waals surface area contributed by atoms with Gasteiger partial charge in [-0.2, -0.15) is 8.78 Å². The monoisotopic (exact) mass is 519 g/mol. The van der Waals surface area contributed by atoms with Gasteiger partial charge in [-0.05, 0) is 31.0 Å². The quantitative estimate of drug-likeness (QED) is 0.368. The summed E-state index contributed by atoms with van der Waals surface area (Å²) in [6.07, 6.45) is -1.08. The minimum Gasteiger partial charge on any atom is -0.492 e. The first-order valence-electron chi connectivity index (χ1n) is 11.4. The lowest BCUT2D eigenvalue weighted by atomic mass is 9.98. The number of halogens is 3. The number of alkyl halides is 2. The van der Waals surface area contributed by atoms with Gasteiger partial charge in [-0.1, -0.05) is 48.9 Å². The van der Waals surface area contributed by atoms with Gasteiger partial charge < -0.3 is 19.3 Å². The van der Waals surface area contributed by atoms with Crippen molar-refractivity contribution in [3.05, 3.63) is 64.2 Å². The Hall–Kier alpha value is -3.43. The van der Waals surface area contributed by atoms with Crippen molar-refractivity contribution >= 4 is 39.9 Å². The lowest BCUT2D eigenvalue weighted by Gasteiger charge is -2.23. The van der Waals surface area contributed by atoms with Gasteiger partial charge in [-0.3, -0.25) is 14.5 Å². The fourth-order valence-electron chi connectivity index (χ4n) is 4.26. The molecule has 1 amide bonds. The van der Waals surface area contributed by atoms with Crippen molar-refractivity contribution in [3.8, 4) is 11.5 Å². The second-order valence-corrected chi connectivity index (χ2v) is 8.44. The highest BCUT2D eigenvalue weighted by Crippen LogP contribution is 2.51. The summed E-state index contributed by atoms with van der Waals surface area (Å²) < 4.78 is 42.6. The summed E-state index contributed by atoms with van der Waals surface area (Å²) in [5, 5.41) is 12.0. The van der Waals surface area contributed by atoms with Gasteiger partial charge in [0.25, 0.3) is 5.91 Å². The number of hydrogen-bond acceptors (Lipinski definition) is 6. The summed E-state index contributed by atoms with van der Waals surface area (Å²) in [4.78, 5) is 26.5. The van der Waals surface area contributed by atoms with Crippen LogP contribution in [0.25, 0.3) is 10.8 Å². The van der Waals surface area contributed by atoms with Crippen LogP contribution in [0.1, 0.15) is 48.0 Å². The predicted octanol–water partition coefficient (Wildman–Crippen LogP) is 5.64. The van der Waals surface area contributed by atoms with Crippen LogP contribution in [0.2, 0.25) is 5.02 Å². The number of esters is 1. The molecule has 0 radical (unpaired) electrons. The van der Waals surface area contributed by atoms with Crippen molar-refractivity contribution in [2.45, 2.75) is 39.5 Å². The fraction of sp³-hybridized carbons (Fsp3) is 0.308. The molecule has 0 saturated heterocycles. The lowest BCUT2D eigenvalue weighted by Crippen LogP contribution is -2.28. The van der Waals surface area contributed by atoms with Crippen LogP contribution < -0.4 is 14.4 Å². The number of carbonyl (C=O) groups excluding carboxylic acids is 2. The number of ether oxygens (including phenoxy) is 3. The Morgan fingerprint density at radius 2 is 1.83 bits per heavy atom. The second-order valence-electron chi connectivity index (χ2n) is 8.04. The standard InChI is InChI=1S/C26H24ClF2NO6/c1-3-11-35-22-15-7-5-6-8-16(15)23(36-26(28)29)21-20(22)24(32)30(25(21)33)18-10-9-14(12-17(18)27)13-19(31)34-4-2/h5-10,12,25-26,33H,3-4,11,13H2,1-2H3. The van der Waals surface area contributed by atoms with Crippen LogP contribution in [0.15, 0.2) is 42.5 Å². The Kier molecular flexibility index (Phi) is 7.61. The average Bonchev–Trinajstić information content (AvgIpc) is 3.09. The zero-order chi connectivity index (χ0) is 26.0. The summed E-state index contributed by atoms with van der Waals surface area (Å²) in [6.45, 7) is 0.883. The molecule has 10 heteroatoms. The SMILES string of the molecule is CCCOc1c2c(c(OC(F)F)c3ccccc13)C(O)N(c1ccc(CC(=O)OCC)cc1Cl)C2=O. The molecular weight excluding hydrogens is 496 g/mol. The molecule has 0 aliphatic carbocycles. The highest BCUT2D eigenvalue weighted by molar-refractivity contribution is 6.34. The van der Waals surface area contributed by atoms with E-state index in [1.165, 1.54) is 12.1 Å². The third kappa shape index (κ3) is 4.68.